The third kappa shape index (κ3) is 2.93. The topological polar surface area (TPSA) is 12.0 Å². The van der Waals surface area contributed by atoms with Crippen molar-refractivity contribution in [2.24, 2.45) is 0 Å². The van der Waals surface area contributed by atoms with Gasteiger partial charge in [0.25, 0.3) is 0 Å². The summed E-state index contributed by atoms with van der Waals surface area (Å²) in [5.74, 6) is 0. The lowest BCUT2D eigenvalue weighted by molar-refractivity contribution is 0.511. The van der Waals surface area contributed by atoms with E-state index in [0.717, 1.165) is 0 Å². The molecule has 2 aromatic heterocycles. The van der Waals surface area contributed by atoms with Crippen LogP contribution in [0.25, 0.3) is 11.1 Å². The Kier molecular flexibility index (Phi) is 4.31. The molecule has 26 heavy (non-hydrogen) atoms. The van der Waals surface area contributed by atoms with Crippen LogP contribution in [0.4, 0.5) is 0 Å². The molecule has 1 aromatic carbocycles. The van der Waals surface area contributed by atoms with Gasteiger partial charge in [-0.05, 0) is 63.1 Å². The summed E-state index contributed by atoms with van der Waals surface area (Å²) in [6, 6.07) is 16.0. The lowest BCUT2D eigenvalue weighted by atomic mass is 10.1. The van der Waals surface area contributed by atoms with Crippen molar-refractivity contribution < 1.29 is 0 Å². The van der Waals surface area contributed by atoms with E-state index in [4.69, 9.17) is 0 Å². The molecule has 0 saturated carbocycles. The van der Waals surface area contributed by atoms with Gasteiger partial charge in [0, 0.05) is 30.6 Å². The number of thiophene rings is 2. The Bertz CT molecular complexity index is 902. The fourth-order valence-corrected chi connectivity index (χ4v) is 12.8. The van der Waals surface area contributed by atoms with Gasteiger partial charge in [0.1, 0.15) is 0 Å². The number of hydrogen-bond donors (Lipinski definition) is 1. The van der Waals surface area contributed by atoms with Crippen molar-refractivity contribution in [1.29, 1.82) is 0 Å². The zero-order chi connectivity index (χ0) is 18.7. The molecule has 1 aliphatic carbocycles. The molecule has 0 bridgehead atoms. The molecule has 1 aliphatic rings. The Morgan fingerprint density at radius 2 is 1.38 bits per heavy atom. The van der Waals surface area contributed by atoms with Gasteiger partial charge in [-0.3, -0.25) is 0 Å². The SMILES string of the molecule is Cc1cc2c(s1)C([Si](C)(NC(C)(C)C)c1ccccc1)c1sc(C)cc1-2. The van der Waals surface area contributed by atoms with Crippen LogP contribution in [0.3, 0.4) is 0 Å². The van der Waals surface area contributed by atoms with Crippen molar-refractivity contribution in [3.8, 4) is 11.1 Å². The van der Waals surface area contributed by atoms with E-state index >= 15 is 0 Å². The smallest absolute Gasteiger partial charge is 0.168 e. The molecule has 0 radical (unpaired) electrons. The van der Waals surface area contributed by atoms with E-state index < -0.39 is 8.24 Å². The third-order valence-corrected chi connectivity index (χ3v) is 12.4. The Balaban J connectivity index is 1.96. The molecule has 0 amide bonds. The Morgan fingerprint density at radius 3 is 1.85 bits per heavy atom. The maximum atomic E-state index is 4.14. The van der Waals surface area contributed by atoms with Crippen LogP contribution >= 0.6 is 22.7 Å². The highest BCUT2D eigenvalue weighted by Crippen LogP contribution is 2.54. The Morgan fingerprint density at radius 1 is 0.885 bits per heavy atom. The maximum Gasteiger partial charge on any atom is 0.168 e. The molecule has 0 saturated heterocycles. The first-order chi connectivity index (χ1) is 12.2. The average Bonchev–Trinajstić information content (AvgIpc) is 3.16. The fraction of sp³-hybridized carbons (Fsp3) is 0.364. The quantitative estimate of drug-likeness (QED) is 0.539. The lowest BCUT2D eigenvalue weighted by Crippen LogP contribution is -2.67. The van der Waals surface area contributed by atoms with Crippen LogP contribution in [0.15, 0.2) is 42.5 Å². The first-order valence-electron chi connectivity index (χ1n) is 9.25. The van der Waals surface area contributed by atoms with Gasteiger partial charge in [-0.1, -0.05) is 36.9 Å². The summed E-state index contributed by atoms with van der Waals surface area (Å²) in [4.78, 5) is 10.2. The van der Waals surface area contributed by atoms with Gasteiger partial charge in [0.05, 0.1) is 0 Å². The predicted octanol–water partition coefficient (Wildman–Crippen LogP) is 5.95. The number of fused-ring (bicyclic) bond motifs is 3. The monoisotopic (exact) mass is 397 g/mol. The number of nitrogens with one attached hydrogen (secondary N) is 1. The summed E-state index contributed by atoms with van der Waals surface area (Å²) in [6.45, 7) is 13.9. The van der Waals surface area contributed by atoms with Crippen LogP contribution in [-0.4, -0.2) is 13.8 Å². The van der Waals surface area contributed by atoms with Crippen molar-refractivity contribution in [2.45, 2.75) is 52.2 Å². The summed E-state index contributed by atoms with van der Waals surface area (Å²) in [5, 5.41) is 1.50. The second kappa shape index (κ2) is 6.16. The Hall–Kier alpha value is -1.20. The number of hydrogen-bond acceptors (Lipinski definition) is 3. The van der Waals surface area contributed by atoms with E-state index in [1.165, 1.54) is 26.1 Å². The van der Waals surface area contributed by atoms with Gasteiger partial charge in [0.15, 0.2) is 8.24 Å². The lowest BCUT2D eigenvalue weighted by Gasteiger charge is -2.40. The van der Waals surface area contributed by atoms with Crippen LogP contribution < -0.4 is 10.2 Å². The fourth-order valence-electron chi connectivity index (χ4n) is 4.43. The van der Waals surface area contributed by atoms with E-state index in [1.54, 1.807) is 9.75 Å². The van der Waals surface area contributed by atoms with Crippen LogP contribution in [0.2, 0.25) is 6.55 Å². The Labute approximate surface area is 166 Å². The second-order valence-corrected chi connectivity index (χ2v) is 15.0. The van der Waals surface area contributed by atoms with Gasteiger partial charge < -0.3 is 4.98 Å². The van der Waals surface area contributed by atoms with E-state index in [2.05, 4.69) is 88.6 Å². The highest BCUT2D eigenvalue weighted by atomic mass is 32.1. The average molecular weight is 398 g/mol. The molecule has 1 unspecified atom stereocenters. The zero-order valence-corrected chi connectivity index (χ0v) is 19.1. The molecule has 1 nitrogen and oxygen atoms in total. The molecule has 136 valence electrons. The summed E-state index contributed by atoms with van der Waals surface area (Å²) < 4.78 is 0. The van der Waals surface area contributed by atoms with Crippen molar-refractivity contribution >= 4 is 36.1 Å². The maximum absolute atomic E-state index is 4.14. The largest absolute Gasteiger partial charge is 0.328 e. The minimum absolute atomic E-state index is 0.0817. The van der Waals surface area contributed by atoms with Crippen molar-refractivity contribution in [2.75, 3.05) is 0 Å². The minimum Gasteiger partial charge on any atom is -0.328 e. The highest BCUT2D eigenvalue weighted by Gasteiger charge is 2.49. The van der Waals surface area contributed by atoms with E-state index in [-0.39, 0.29) is 5.54 Å². The number of rotatable bonds is 3. The molecule has 3 aromatic rings. The molecule has 1 N–H and O–H groups in total. The molecule has 4 rings (SSSR count). The van der Waals surface area contributed by atoms with Gasteiger partial charge in [-0.2, -0.15) is 0 Å². The standard InChI is InChI=1S/C22H27NS2Si/c1-14-12-17-18-13-15(2)25-20(18)21(19(17)24-14)26(6,23-22(3,4)5)16-10-8-7-9-11-16/h7-13,21,23H,1-6H3. The van der Waals surface area contributed by atoms with Gasteiger partial charge in [-0.25, -0.2) is 0 Å². The summed E-state index contributed by atoms with van der Waals surface area (Å²) in [5.41, 5.74) is 3.55. The molecule has 4 heteroatoms. The molecule has 0 aliphatic heterocycles. The van der Waals surface area contributed by atoms with Gasteiger partial charge in [-0.15, -0.1) is 22.7 Å². The van der Waals surface area contributed by atoms with Crippen molar-refractivity contribution in [3.63, 3.8) is 0 Å². The van der Waals surface area contributed by atoms with Crippen LogP contribution in [0.1, 0.15) is 45.8 Å². The third-order valence-electron chi connectivity index (χ3n) is 5.17. The van der Waals surface area contributed by atoms with E-state index in [0.29, 0.717) is 5.54 Å². The predicted molar refractivity (Wildman–Crippen MR) is 120 cm³/mol. The number of aryl methyl sites for hydroxylation is 2. The number of benzene rings is 1. The first-order valence-corrected chi connectivity index (χ1v) is 13.5. The molecular weight excluding hydrogens is 370 g/mol. The highest BCUT2D eigenvalue weighted by molar-refractivity contribution is 7.17. The molecule has 2 heterocycles. The molecule has 0 spiro atoms. The van der Waals surface area contributed by atoms with Gasteiger partial charge >= 0.3 is 0 Å². The van der Waals surface area contributed by atoms with Crippen LogP contribution in [-0.2, 0) is 0 Å². The second-order valence-electron chi connectivity index (χ2n) is 8.65. The van der Waals surface area contributed by atoms with E-state index in [9.17, 15) is 0 Å². The molecule has 1 atom stereocenters. The van der Waals surface area contributed by atoms with Crippen molar-refractivity contribution in [3.05, 3.63) is 62.0 Å². The summed E-state index contributed by atoms with van der Waals surface area (Å²) >= 11 is 4.00. The summed E-state index contributed by atoms with van der Waals surface area (Å²) in [7, 11) is -2.03. The van der Waals surface area contributed by atoms with Crippen molar-refractivity contribution in [1.82, 2.24) is 4.98 Å². The zero-order valence-electron chi connectivity index (χ0n) is 16.4. The molecular formula is C22H27NS2Si. The normalized spacial score (nSPS) is 16.4. The van der Waals surface area contributed by atoms with Crippen LogP contribution in [0.5, 0.6) is 0 Å². The minimum atomic E-state index is -2.03. The molecule has 0 fully saturated rings. The van der Waals surface area contributed by atoms with Crippen LogP contribution in [0, 0.1) is 13.8 Å². The van der Waals surface area contributed by atoms with Gasteiger partial charge in [0.2, 0.25) is 0 Å². The van der Waals surface area contributed by atoms with E-state index in [1.807, 2.05) is 22.7 Å². The first kappa shape index (κ1) is 18.2. The summed E-state index contributed by atoms with van der Waals surface area (Å²) in [6.07, 6.45) is 0.